The number of anilines is 1. The lowest BCUT2D eigenvalue weighted by Crippen LogP contribution is -2.35. The summed E-state index contributed by atoms with van der Waals surface area (Å²) in [6.45, 7) is 2.98. The first-order valence-electron chi connectivity index (χ1n) is 8.94. The number of carbonyl (C=O) groups is 2. The molecule has 0 radical (unpaired) electrons. The molecule has 2 aliphatic heterocycles. The van der Waals surface area contributed by atoms with Gasteiger partial charge in [0.2, 0.25) is 0 Å². The molecule has 27 heavy (non-hydrogen) atoms. The number of para-hydroxylation sites is 1. The predicted molar refractivity (Wildman–Crippen MR) is 108 cm³/mol. The summed E-state index contributed by atoms with van der Waals surface area (Å²) in [5, 5.41) is 0.849. The number of rotatable bonds is 4. The lowest BCUT2D eigenvalue weighted by molar-refractivity contribution is -0.136. The van der Waals surface area contributed by atoms with Crippen molar-refractivity contribution >= 4 is 46.3 Å². The predicted octanol–water partition coefficient (Wildman–Crippen LogP) is 4.55. The molecule has 2 amide bonds. The zero-order chi connectivity index (χ0) is 19.1. The second-order valence-corrected chi connectivity index (χ2v) is 7.48. The summed E-state index contributed by atoms with van der Waals surface area (Å²) in [7, 11) is 0. The molecule has 0 bridgehead atoms. The number of fused-ring (bicyclic) bond motifs is 1. The van der Waals surface area contributed by atoms with Crippen LogP contribution < -0.4 is 4.90 Å². The Kier molecular flexibility index (Phi) is 4.70. The first-order valence-corrected chi connectivity index (χ1v) is 9.70. The van der Waals surface area contributed by atoms with Crippen LogP contribution in [-0.4, -0.2) is 29.8 Å². The number of hydrogen-bond donors (Lipinski definition) is 0. The van der Waals surface area contributed by atoms with Crippen molar-refractivity contribution in [3.63, 3.8) is 0 Å². The molecule has 0 aromatic heterocycles. The first kappa shape index (κ1) is 18.1. The number of amides is 2. The number of benzene rings is 2. The monoisotopic (exact) mass is 400 g/mol. The topological polar surface area (TPSA) is 40.6 Å². The van der Waals surface area contributed by atoms with Crippen LogP contribution >= 0.6 is 23.2 Å². The summed E-state index contributed by atoms with van der Waals surface area (Å²) in [5.74, 6) is -0.565. The van der Waals surface area contributed by atoms with Gasteiger partial charge in [0.05, 0.1) is 10.6 Å². The van der Waals surface area contributed by atoms with E-state index in [0.717, 1.165) is 12.1 Å². The minimum absolute atomic E-state index is 0.264. The normalized spacial score (nSPS) is 16.6. The average molecular weight is 401 g/mol. The maximum atomic E-state index is 13.2. The van der Waals surface area contributed by atoms with Gasteiger partial charge in [0.1, 0.15) is 5.70 Å². The summed E-state index contributed by atoms with van der Waals surface area (Å²) in [6, 6.07) is 13.0. The largest absolute Gasteiger partial charge is 0.336 e. The number of nitrogens with zero attached hydrogens (tertiary/aromatic N) is 2. The maximum absolute atomic E-state index is 13.2. The molecular formula is C21H18Cl2N2O2. The van der Waals surface area contributed by atoms with Crippen molar-refractivity contribution in [1.82, 2.24) is 4.90 Å². The van der Waals surface area contributed by atoms with E-state index in [1.165, 1.54) is 10.5 Å². The molecule has 6 heteroatoms. The summed E-state index contributed by atoms with van der Waals surface area (Å²) < 4.78 is 0. The van der Waals surface area contributed by atoms with Crippen molar-refractivity contribution in [3.8, 4) is 0 Å². The SMILES string of the molecule is CCCN1C(=O)C(c2ccc(Cl)cc2Cl)=C(N2CCc3ccccc32)C1=O. The quantitative estimate of drug-likeness (QED) is 0.706. The van der Waals surface area contributed by atoms with Crippen LogP contribution in [0.4, 0.5) is 5.69 Å². The fourth-order valence-electron chi connectivity index (χ4n) is 3.75. The Labute approximate surface area is 168 Å². The second-order valence-electron chi connectivity index (χ2n) is 6.64. The van der Waals surface area contributed by atoms with Crippen LogP contribution in [0.25, 0.3) is 5.57 Å². The van der Waals surface area contributed by atoms with Crippen LogP contribution in [0.15, 0.2) is 48.2 Å². The maximum Gasteiger partial charge on any atom is 0.278 e. The number of imide groups is 1. The molecule has 2 heterocycles. The van der Waals surface area contributed by atoms with E-state index in [4.69, 9.17) is 23.2 Å². The van der Waals surface area contributed by atoms with Crippen molar-refractivity contribution in [3.05, 3.63) is 69.3 Å². The van der Waals surface area contributed by atoms with E-state index in [2.05, 4.69) is 6.07 Å². The van der Waals surface area contributed by atoms with Gasteiger partial charge in [-0.05, 0) is 36.6 Å². The van der Waals surface area contributed by atoms with Crippen LogP contribution in [0, 0.1) is 0 Å². The summed E-state index contributed by atoms with van der Waals surface area (Å²) in [5.41, 5.74) is 3.43. The molecule has 0 unspecified atom stereocenters. The van der Waals surface area contributed by atoms with Crippen LogP contribution in [0.2, 0.25) is 10.0 Å². The van der Waals surface area contributed by atoms with Gasteiger partial charge in [0, 0.05) is 29.4 Å². The van der Waals surface area contributed by atoms with Gasteiger partial charge in [0.15, 0.2) is 0 Å². The smallest absolute Gasteiger partial charge is 0.278 e. The number of carbonyl (C=O) groups excluding carboxylic acids is 2. The minimum Gasteiger partial charge on any atom is -0.336 e. The van der Waals surface area contributed by atoms with Gasteiger partial charge >= 0.3 is 0 Å². The highest BCUT2D eigenvalue weighted by atomic mass is 35.5. The third kappa shape index (κ3) is 2.93. The standard InChI is InChI=1S/C21H18Cl2N2O2/c1-2-10-25-20(26)18(15-8-7-14(22)12-16(15)23)19(21(25)27)24-11-9-13-5-3-4-6-17(13)24/h3-8,12H,2,9-11H2,1H3. The van der Waals surface area contributed by atoms with Crippen molar-refractivity contribution in [2.45, 2.75) is 19.8 Å². The zero-order valence-electron chi connectivity index (χ0n) is 14.8. The third-order valence-electron chi connectivity index (χ3n) is 4.95. The first-order chi connectivity index (χ1) is 13.0. The lowest BCUT2D eigenvalue weighted by Gasteiger charge is -2.21. The third-order valence-corrected chi connectivity index (χ3v) is 5.50. The molecule has 2 aromatic carbocycles. The molecule has 0 fully saturated rings. The van der Waals surface area contributed by atoms with Crippen LogP contribution in [0.3, 0.4) is 0 Å². The van der Waals surface area contributed by atoms with E-state index in [9.17, 15) is 9.59 Å². The fourth-order valence-corrected chi connectivity index (χ4v) is 4.25. The van der Waals surface area contributed by atoms with Gasteiger partial charge < -0.3 is 4.90 Å². The van der Waals surface area contributed by atoms with E-state index in [1.807, 2.05) is 30.0 Å². The molecule has 0 saturated carbocycles. The average Bonchev–Trinajstić information content (AvgIpc) is 3.16. The Morgan fingerprint density at radius 2 is 1.81 bits per heavy atom. The fraction of sp³-hybridized carbons (Fsp3) is 0.238. The molecule has 0 spiro atoms. The molecule has 138 valence electrons. The van der Waals surface area contributed by atoms with Crippen LogP contribution in [0.1, 0.15) is 24.5 Å². The van der Waals surface area contributed by atoms with Gasteiger partial charge in [0.25, 0.3) is 11.8 Å². The van der Waals surface area contributed by atoms with Crippen LogP contribution in [0.5, 0.6) is 0 Å². The Bertz CT molecular complexity index is 984. The van der Waals surface area contributed by atoms with Crippen molar-refractivity contribution in [2.24, 2.45) is 0 Å². The highest BCUT2D eigenvalue weighted by Crippen LogP contribution is 2.40. The Morgan fingerprint density at radius 1 is 1.04 bits per heavy atom. The molecule has 2 aliphatic rings. The summed E-state index contributed by atoms with van der Waals surface area (Å²) in [6.07, 6.45) is 1.53. The molecule has 0 aliphatic carbocycles. The van der Waals surface area contributed by atoms with Gasteiger partial charge in [-0.3, -0.25) is 14.5 Å². The Morgan fingerprint density at radius 3 is 2.56 bits per heavy atom. The van der Waals surface area contributed by atoms with Crippen molar-refractivity contribution < 1.29 is 9.59 Å². The van der Waals surface area contributed by atoms with Gasteiger partial charge in [-0.25, -0.2) is 0 Å². The molecule has 4 rings (SSSR count). The van der Waals surface area contributed by atoms with E-state index < -0.39 is 0 Å². The zero-order valence-corrected chi connectivity index (χ0v) is 16.3. The summed E-state index contributed by atoms with van der Waals surface area (Å²) in [4.78, 5) is 29.6. The van der Waals surface area contributed by atoms with Crippen molar-refractivity contribution in [1.29, 1.82) is 0 Å². The minimum atomic E-state index is -0.301. The highest BCUT2D eigenvalue weighted by Gasteiger charge is 2.43. The molecule has 4 nitrogen and oxygen atoms in total. The molecule has 2 aromatic rings. The summed E-state index contributed by atoms with van der Waals surface area (Å²) >= 11 is 12.4. The van der Waals surface area contributed by atoms with Gasteiger partial charge in [-0.2, -0.15) is 0 Å². The Hall–Kier alpha value is -2.30. The van der Waals surface area contributed by atoms with Gasteiger partial charge in [-0.15, -0.1) is 0 Å². The Balaban J connectivity index is 1.91. The van der Waals surface area contributed by atoms with Crippen LogP contribution in [-0.2, 0) is 16.0 Å². The van der Waals surface area contributed by atoms with Crippen molar-refractivity contribution in [2.75, 3.05) is 18.0 Å². The lowest BCUT2D eigenvalue weighted by atomic mass is 10.0. The molecule has 0 saturated heterocycles. The van der Waals surface area contributed by atoms with E-state index in [-0.39, 0.29) is 11.8 Å². The van der Waals surface area contributed by atoms with E-state index >= 15 is 0 Å². The van der Waals surface area contributed by atoms with E-state index in [1.54, 1.807) is 18.2 Å². The number of halogens is 2. The molecule has 0 N–H and O–H groups in total. The second kappa shape index (κ2) is 7.02. The highest BCUT2D eigenvalue weighted by molar-refractivity contribution is 6.41. The number of hydrogen-bond acceptors (Lipinski definition) is 3. The molecular weight excluding hydrogens is 383 g/mol. The van der Waals surface area contributed by atoms with Gasteiger partial charge in [-0.1, -0.05) is 54.4 Å². The van der Waals surface area contributed by atoms with E-state index in [0.29, 0.717) is 46.4 Å². The molecule has 0 atom stereocenters.